The Kier molecular flexibility index (Phi) is 3.04. The van der Waals surface area contributed by atoms with E-state index in [0.717, 1.165) is 17.8 Å². The average molecular weight is 246 g/mol. The molecule has 2 aromatic heterocycles. The fourth-order valence-corrected chi connectivity index (χ4v) is 1.91. The Bertz CT molecular complexity index is 534. The van der Waals surface area contributed by atoms with E-state index in [0.29, 0.717) is 24.9 Å². The summed E-state index contributed by atoms with van der Waals surface area (Å²) in [6.45, 7) is 4.18. The van der Waals surface area contributed by atoms with E-state index in [2.05, 4.69) is 20.4 Å². The van der Waals surface area contributed by atoms with Gasteiger partial charge in [0.05, 0.1) is 6.61 Å². The predicted octanol–water partition coefficient (Wildman–Crippen LogP) is 1.10. The molecule has 1 saturated heterocycles. The molecule has 1 fully saturated rings. The molecule has 1 aliphatic rings. The third-order valence-electron chi connectivity index (χ3n) is 2.87. The molecule has 3 heterocycles. The van der Waals surface area contributed by atoms with E-state index in [-0.39, 0.29) is 6.10 Å². The van der Waals surface area contributed by atoms with Gasteiger partial charge in [-0.25, -0.2) is 0 Å². The van der Waals surface area contributed by atoms with Gasteiger partial charge in [-0.1, -0.05) is 11.2 Å². The molecule has 0 saturated carbocycles. The van der Waals surface area contributed by atoms with Gasteiger partial charge >= 0.3 is 0 Å². The van der Waals surface area contributed by atoms with Crippen molar-refractivity contribution in [2.45, 2.75) is 13.0 Å². The molecule has 3 rings (SSSR count). The minimum absolute atomic E-state index is 0.163. The normalized spacial score (nSPS) is 19.9. The van der Waals surface area contributed by atoms with Gasteiger partial charge in [-0.05, 0) is 18.6 Å². The first-order chi connectivity index (χ1) is 8.84. The van der Waals surface area contributed by atoms with Crippen LogP contribution in [0.25, 0.3) is 11.5 Å². The molecule has 0 amide bonds. The summed E-state index contributed by atoms with van der Waals surface area (Å²) in [7, 11) is 0. The van der Waals surface area contributed by atoms with E-state index in [9.17, 15) is 0 Å². The molecule has 1 unspecified atom stereocenters. The number of nitrogens with one attached hydrogen (secondary N) is 1. The molecular formula is C12H14N4O2. The van der Waals surface area contributed by atoms with Crippen LogP contribution in [-0.2, 0) is 4.74 Å². The van der Waals surface area contributed by atoms with E-state index in [1.807, 2.05) is 19.1 Å². The summed E-state index contributed by atoms with van der Waals surface area (Å²) in [6, 6.07) is 3.85. The Morgan fingerprint density at radius 1 is 1.44 bits per heavy atom. The van der Waals surface area contributed by atoms with Crippen molar-refractivity contribution in [3.8, 4) is 11.5 Å². The summed E-state index contributed by atoms with van der Waals surface area (Å²) in [5.74, 6) is 1.01. The zero-order valence-electron chi connectivity index (χ0n) is 10.1. The van der Waals surface area contributed by atoms with E-state index < -0.39 is 0 Å². The molecule has 6 nitrogen and oxygen atoms in total. The second-order valence-electron chi connectivity index (χ2n) is 4.19. The van der Waals surface area contributed by atoms with Crippen LogP contribution in [0.4, 0.5) is 0 Å². The number of ether oxygens (including phenoxy) is 1. The van der Waals surface area contributed by atoms with Crippen molar-refractivity contribution in [3.05, 3.63) is 29.8 Å². The minimum atomic E-state index is -0.163. The van der Waals surface area contributed by atoms with Crippen molar-refractivity contribution in [1.82, 2.24) is 20.4 Å². The molecule has 1 N–H and O–H groups in total. The average Bonchev–Trinajstić information content (AvgIpc) is 2.90. The van der Waals surface area contributed by atoms with Crippen molar-refractivity contribution in [3.63, 3.8) is 0 Å². The number of nitrogens with zero attached hydrogens (tertiary/aromatic N) is 3. The molecule has 2 aromatic rings. The predicted molar refractivity (Wildman–Crippen MR) is 63.8 cm³/mol. The quantitative estimate of drug-likeness (QED) is 0.855. The van der Waals surface area contributed by atoms with Crippen LogP contribution < -0.4 is 5.32 Å². The van der Waals surface area contributed by atoms with E-state index in [1.54, 1.807) is 6.20 Å². The molecule has 18 heavy (non-hydrogen) atoms. The summed E-state index contributed by atoms with van der Waals surface area (Å²) < 4.78 is 10.8. The van der Waals surface area contributed by atoms with E-state index >= 15 is 0 Å². The lowest BCUT2D eigenvalue weighted by Gasteiger charge is -2.19. The van der Waals surface area contributed by atoms with Crippen molar-refractivity contribution in [1.29, 1.82) is 0 Å². The molecule has 0 spiro atoms. The fourth-order valence-electron chi connectivity index (χ4n) is 1.91. The molecule has 1 aliphatic heterocycles. The molecule has 0 radical (unpaired) electrons. The summed E-state index contributed by atoms with van der Waals surface area (Å²) in [6.07, 6.45) is 1.56. The summed E-state index contributed by atoms with van der Waals surface area (Å²) >= 11 is 0. The van der Waals surface area contributed by atoms with Crippen LogP contribution in [0.15, 0.2) is 22.9 Å². The Labute approximate surface area is 104 Å². The first-order valence-corrected chi connectivity index (χ1v) is 5.92. The number of morpholine rings is 1. The van der Waals surface area contributed by atoms with Gasteiger partial charge in [0.1, 0.15) is 11.8 Å². The number of pyridine rings is 1. The first-order valence-electron chi connectivity index (χ1n) is 5.92. The zero-order chi connectivity index (χ0) is 12.4. The summed E-state index contributed by atoms with van der Waals surface area (Å²) in [5.41, 5.74) is 1.77. The highest BCUT2D eigenvalue weighted by Gasteiger charge is 2.23. The van der Waals surface area contributed by atoms with Crippen LogP contribution >= 0.6 is 0 Å². The Hall–Kier alpha value is -1.79. The highest BCUT2D eigenvalue weighted by atomic mass is 16.5. The summed E-state index contributed by atoms with van der Waals surface area (Å²) in [5, 5.41) is 7.19. The van der Waals surface area contributed by atoms with Gasteiger partial charge in [0.25, 0.3) is 5.89 Å². The maximum atomic E-state index is 5.56. The monoisotopic (exact) mass is 246 g/mol. The smallest absolute Gasteiger partial charge is 0.257 e. The third-order valence-corrected chi connectivity index (χ3v) is 2.87. The second-order valence-corrected chi connectivity index (χ2v) is 4.19. The molecule has 0 bridgehead atoms. The highest BCUT2D eigenvalue weighted by Crippen LogP contribution is 2.21. The zero-order valence-corrected chi connectivity index (χ0v) is 10.1. The second kappa shape index (κ2) is 4.83. The molecule has 6 heteroatoms. The van der Waals surface area contributed by atoms with Crippen LogP contribution in [0.2, 0.25) is 0 Å². The van der Waals surface area contributed by atoms with Gasteiger partial charge < -0.3 is 14.6 Å². The molecule has 0 aliphatic carbocycles. The standard InChI is InChI=1S/C12H14N4O2/c1-8-3-2-4-14-10(8)11-15-12(18-16-11)9-7-13-5-6-17-9/h2-4,9,13H,5-7H2,1H3. The van der Waals surface area contributed by atoms with E-state index in [1.165, 1.54) is 0 Å². The molecule has 1 atom stereocenters. The van der Waals surface area contributed by atoms with Gasteiger partial charge in [-0.3, -0.25) is 4.98 Å². The van der Waals surface area contributed by atoms with Crippen molar-refractivity contribution >= 4 is 0 Å². The topological polar surface area (TPSA) is 73.1 Å². The van der Waals surface area contributed by atoms with Crippen LogP contribution in [0.5, 0.6) is 0 Å². The van der Waals surface area contributed by atoms with Gasteiger partial charge in [0, 0.05) is 19.3 Å². The van der Waals surface area contributed by atoms with Crippen LogP contribution in [0.3, 0.4) is 0 Å². The molecule has 94 valence electrons. The third kappa shape index (κ3) is 2.12. The number of aromatic nitrogens is 3. The van der Waals surface area contributed by atoms with Crippen LogP contribution in [-0.4, -0.2) is 34.8 Å². The number of aryl methyl sites for hydroxylation is 1. The largest absolute Gasteiger partial charge is 0.366 e. The van der Waals surface area contributed by atoms with Crippen LogP contribution in [0, 0.1) is 6.92 Å². The Morgan fingerprint density at radius 2 is 2.39 bits per heavy atom. The van der Waals surface area contributed by atoms with Gasteiger partial charge in [-0.15, -0.1) is 0 Å². The number of rotatable bonds is 2. The molecule has 0 aromatic carbocycles. The van der Waals surface area contributed by atoms with Crippen LogP contribution in [0.1, 0.15) is 17.6 Å². The lowest BCUT2D eigenvalue weighted by molar-refractivity contribution is 0.00755. The number of hydrogen-bond acceptors (Lipinski definition) is 6. The van der Waals surface area contributed by atoms with Gasteiger partial charge in [-0.2, -0.15) is 4.98 Å². The maximum Gasteiger partial charge on any atom is 0.257 e. The van der Waals surface area contributed by atoms with Crippen molar-refractivity contribution in [2.75, 3.05) is 19.7 Å². The fraction of sp³-hybridized carbons (Fsp3) is 0.417. The maximum absolute atomic E-state index is 5.56. The van der Waals surface area contributed by atoms with Crippen molar-refractivity contribution in [2.24, 2.45) is 0 Å². The Morgan fingerprint density at radius 3 is 3.17 bits per heavy atom. The Balaban J connectivity index is 1.87. The van der Waals surface area contributed by atoms with Gasteiger partial charge in [0.2, 0.25) is 5.82 Å². The molecular weight excluding hydrogens is 232 g/mol. The first kappa shape index (κ1) is 11.3. The number of hydrogen-bond donors (Lipinski definition) is 1. The summed E-state index contributed by atoms with van der Waals surface area (Å²) in [4.78, 5) is 8.63. The lowest BCUT2D eigenvalue weighted by Crippen LogP contribution is -2.33. The minimum Gasteiger partial charge on any atom is -0.366 e. The van der Waals surface area contributed by atoms with Crippen molar-refractivity contribution < 1.29 is 9.26 Å². The van der Waals surface area contributed by atoms with E-state index in [4.69, 9.17) is 9.26 Å². The van der Waals surface area contributed by atoms with Gasteiger partial charge in [0.15, 0.2) is 0 Å². The highest BCUT2D eigenvalue weighted by molar-refractivity contribution is 5.53. The lowest BCUT2D eigenvalue weighted by atomic mass is 10.2. The SMILES string of the molecule is Cc1cccnc1-c1noc(C2CNCCO2)n1.